The molecule has 0 heterocycles. The summed E-state index contributed by atoms with van der Waals surface area (Å²) in [7, 11) is 0. The van der Waals surface area contributed by atoms with Crippen LogP contribution < -0.4 is 5.32 Å². The predicted octanol–water partition coefficient (Wildman–Crippen LogP) is 5.05. The quantitative estimate of drug-likeness (QED) is 0.812. The lowest BCUT2D eigenvalue weighted by atomic mass is 10.1. The molecular formula is C15H22ClNS. The Bertz CT molecular complexity index is 388. The van der Waals surface area contributed by atoms with Crippen LogP contribution in [-0.2, 0) is 0 Å². The summed E-state index contributed by atoms with van der Waals surface area (Å²) in [4.78, 5) is 1.25. The van der Waals surface area contributed by atoms with Crippen LogP contribution in [0.5, 0.6) is 0 Å². The maximum atomic E-state index is 6.40. The van der Waals surface area contributed by atoms with E-state index in [4.69, 9.17) is 11.6 Å². The van der Waals surface area contributed by atoms with E-state index in [1.54, 1.807) is 0 Å². The molecule has 1 aromatic rings. The van der Waals surface area contributed by atoms with Crippen LogP contribution in [0.3, 0.4) is 0 Å². The van der Waals surface area contributed by atoms with Crippen LogP contribution in [0.2, 0.25) is 5.02 Å². The third-order valence-corrected chi connectivity index (χ3v) is 5.40. The topological polar surface area (TPSA) is 12.0 Å². The van der Waals surface area contributed by atoms with Gasteiger partial charge in [-0.15, -0.1) is 11.8 Å². The van der Waals surface area contributed by atoms with Crippen molar-refractivity contribution in [2.24, 2.45) is 0 Å². The van der Waals surface area contributed by atoms with Crippen LogP contribution >= 0.6 is 23.4 Å². The van der Waals surface area contributed by atoms with Gasteiger partial charge in [0.25, 0.3) is 0 Å². The molecule has 0 radical (unpaired) electrons. The highest BCUT2D eigenvalue weighted by atomic mass is 35.5. The van der Waals surface area contributed by atoms with E-state index in [0.717, 1.165) is 16.8 Å². The predicted molar refractivity (Wildman–Crippen MR) is 81.7 cm³/mol. The van der Waals surface area contributed by atoms with Crippen molar-refractivity contribution in [3.8, 4) is 0 Å². The molecule has 0 spiro atoms. The Morgan fingerprint density at radius 2 is 2.11 bits per heavy atom. The van der Waals surface area contributed by atoms with E-state index in [1.165, 1.54) is 36.1 Å². The van der Waals surface area contributed by atoms with Crippen LogP contribution in [0, 0.1) is 0 Å². The first kappa shape index (κ1) is 14.2. The van der Waals surface area contributed by atoms with E-state index in [1.807, 2.05) is 11.8 Å². The molecule has 0 aromatic heterocycles. The summed E-state index contributed by atoms with van der Waals surface area (Å²) in [5.74, 6) is 0. The van der Waals surface area contributed by atoms with Crippen molar-refractivity contribution in [1.29, 1.82) is 0 Å². The van der Waals surface area contributed by atoms with Gasteiger partial charge in [0.15, 0.2) is 0 Å². The lowest BCUT2D eigenvalue weighted by Crippen LogP contribution is -2.17. The molecule has 1 saturated carbocycles. The molecule has 0 saturated heterocycles. The van der Waals surface area contributed by atoms with Crippen molar-refractivity contribution in [2.75, 3.05) is 6.54 Å². The first-order valence-electron chi connectivity index (χ1n) is 6.90. The standard InChI is InChI=1S/C15H22ClNS/c1-3-17-11(2)12-8-9-15(14(16)10-12)18-13-6-4-5-7-13/h8-11,13,17H,3-7H2,1-2H3. The van der Waals surface area contributed by atoms with E-state index < -0.39 is 0 Å². The second-order valence-electron chi connectivity index (χ2n) is 4.99. The van der Waals surface area contributed by atoms with Gasteiger partial charge in [-0.2, -0.15) is 0 Å². The van der Waals surface area contributed by atoms with Gasteiger partial charge >= 0.3 is 0 Å². The van der Waals surface area contributed by atoms with E-state index in [2.05, 4.69) is 37.4 Å². The number of nitrogens with one attached hydrogen (secondary N) is 1. The summed E-state index contributed by atoms with van der Waals surface area (Å²) in [6.07, 6.45) is 5.45. The van der Waals surface area contributed by atoms with Crippen molar-refractivity contribution in [3.63, 3.8) is 0 Å². The van der Waals surface area contributed by atoms with E-state index in [0.29, 0.717) is 6.04 Å². The Morgan fingerprint density at radius 3 is 2.72 bits per heavy atom. The minimum atomic E-state index is 0.373. The molecular weight excluding hydrogens is 262 g/mol. The second kappa shape index (κ2) is 6.83. The average molecular weight is 284 g/mol. The number of thioether (sulfide) groups is 1. The maximum absolute atomic E-state index is 6.40. The molecule has 100 valence electrons. The Balaban J connectivity index is 2.04. The summed E-state index contributed by atoms with van der Waals surface area (Å²) in [5, 5.41) is 5.10. The molecule has 3 heteroatoms. The Kier molecular flexibility index (Phi) is 5.40. The Labute approximate surface area is 120 Å². The van der Waals surface area contributed by atoms with Crippen LogP contribution in [0.4, 0.5) is 0 Å². The first-order valence-corrected chi connectivity index (χ1v) is 8.16. The highest BCUT2D eigenvalue weighted by molar-refractivity contribution is 8.00. The van der Waals surface area contributed by atoms with Gasteiger partial charge in [0.1, 0.15) is 0 Å². The fourth-order valence-corrected chi connectivity index (χ4v) is 4.06. The SMILES string of the molecule is CCNC(C)c1ccc(SC2CCCC2)c(Cl)c1. The first-order chi connectivity index (χ1) is 8.70. The molecule has 2 rings (SSSR count). The number of rotatable bonds is 5. The summed E-state index contributed by atoms with van der Waals surface area (Å²) < 4.78 is 0. The number of benzene rings is 1. The van der Waals surface area contributed by atoms with Crippen molar-refractivity contribution in [3.05, 3.63) is 28.8 Å². The molecule has 1 nitrogen and oxygen atoms in total. The molecule has 1 aromatic carbocycles. The third kappa shape index (κ3) is 3.66. The molecule has 1 unspecified atom stereocenters. The van der Waals surface area contributed by atoms with Crippen LogP contribution in [0.25, 0.3) is 0 Å². The van der Waals surface area contributed by atoms with Gasteiger partial charge < -0.3 is 5.32 Å². The van der Waals surface area contributed by atoms with Crippen LogP contribution in [0.1, 0.15) is 51.1 Å². The number of halogens is 1. The minimum absolute atomic E-state index is 0.373. The van der Waals surface area contributed by atoms with Gasteiger partial charge in [-0.3, -0.25) is 0 Å². The lowest BCUT2D eigenvalue weighted by molar-refractivity contribution is 0.598. The third-order valence-electron chi connectivity index (χ3n) is 3.56. The van der Waals surface area contributed by atoms with Crippen molar-refractivity contribution < 1.29 is 0 Å². The summed E-state index contributed by atoms with van der Waals surface area (Å²) in [5.41, 5.74) is 1.28. The van der Waals surface area contributed by atoms with Gasteiger partial charge in [0.2, 0.25) is 0 Å². The monoisotopic (exact) mass is 283 g/mol. The van der Waals surface area contributed by atoms with Gasteiger partial charge in [0, 0.05) is 16.2 Å². The Hall–Kier alpha value is -0.180. The molecule has 1 aliphatic rings. The molecule has 0 amide bonds. The minimum Gasteiger partial charge on any atom is -0.310 e. The highest BCUT2D eigenvalue weighted by Gasteiger charge is 2.17. The summed E-state index contributed by atoms with van der Waals surface area (Å²) in [6.45, 7) is 5.29. The average Bonchev–Trinajstić information content (AvgIpc) is 2.85. The van der Waals surface area contributed by atoms with E-state index in [-0.39, 0.29) is 0 Å². The van der Waals surface area contributed by atoms with Crippen molar-refractivity contribution >= 4 is 23.4 Å². The van der Waals surface area contributed by atoms with Crippen molar-refractivity contribution in [2.45, 2.75) is 55.7 Å². The van der Waals surface area contributed by atoms with Crippen molar-refractivity contribution in [1.82, 2.24) is 5.32 Å². The largest absolute Gasteiger partial charge is 0.310 e. The van der Waals surface area contributed by atoms with Gasteiger partial charge in [-0.1, -0.05) is 37.4 Å². The number of hydrogen-bond donors (Lipinski definition) is 1. The van der Waals surface area contributed by atoms with Gasteiger partial charge in [0.05, 0.1) is 5.02 Å². The molecule has 1 fully saturated rings. The molecule has 1 atom stereocenters. The fourth-order valence-electron chi connectivity index (χ4n) is 2.49. The normalized spacial score (nSPS) is 18.2. The molecule has 1 aliphatic carbocycles. The fraction of sp³-hybridized carbons (Fsp3) is 0.600. The van der Waals surface area contributed by atoms with Crippen LogP contribution in [-0.4, -0.2) is 11.8 Å². The highest BCUT2D eigenvalue weighted by Crippen LogP contribution is 2.38. The molecule has 18 heavy (non-hydrogen) atoms. The van der Waals surface area contributed by atoms with Crippen LogP contribution in [0.15, 0.2) is 23.1 Å². The molecule has 1 N–H and O–H groups in total. The second-order valence-corrected chi connectivity index (χ2v) is 6.74. The lowest BCUT2D eigenvalue weighted by Gasteiger charge is -2.15. The van der Waals surface area contributed by atoms with Gasteiger partial charge in [-0.05, 0) is 44.0 Å². The Morgan fingerprint density at radius 1 is 1.39 bits per heavy atom. The summed E-state index contributed by atoms with van der Waals surface area (Å²) >= 11 is 8.36. The molecule has 0 aliphatic heterocycles. The smallest absolute Gasteiger partial charge is 0.0545 e. The van der Waals surface area contributed by atoms with E-state index >= 15 is 0 Å². The van der Waals surface area contributed by atoms with E-state index in [9.17, 15) is 0 Å². The zero-order chi connectivity index (χ0) is 13.0. The molecule has 0 bridgehead atoms. The van der Waals surface area contributed by atoms with Gasteiger partial charge in [-0.25, -0.2) is 0 Å². The summed E-state index contributed by atoms with van der Waals surface area (Å²) in [6, 6.07) is 6.88. The number of hydrogen-bond acceptors (Lipinski definition) is 2. The maximum Gasteiger partial charge on any atom is 0.0545 e. The zero-order valence-electron chi connectivity index (χ0n) is 11.2. The zero-order valence-corrected chi connectivity index (χ0v) is 12.8.